The molecule has 0 unspecified atom stereocenters. The first-order chi connectivity index (χ1) is 18.9. The second-order valence-corrected chi connectivity index (χ2v) is 14.9. The highest BCUT2D eigenvalue weighted by Crippen LogP contribution is 2.54. The fourth-order valence-corrected chi connectivity index (χ4v) is 9.37. The number of nitrogens with zero attached hydrogens (tertiary/aromatic N) is 1. The molecule has 1 aromatic rings. The van der Waals surface area contributed by atoms with Crippen LogP contribution in [0.3, 0.4) is 0 Å². The molecule has 5 aliphatic carbocycles. The number of hydrogen-bond donors (Lipinski definition) is 3. The third-order valence-corrected chi connectivity index (χ3v) is 11.4. The van der Waals surface area contributed by atoms with Gasteiger partial charge in [0.15, 0.2) is 0 Å². The van der Waals surface area contributed by atoms with Crippen LogP contribution in [0.15, 0.2) is 9.42 Å². The Morgan fingerprint density at radius 3 is 2.41 bits per heavy atom. The van der Waals surface area contributed by atoms with Gasteiger partial charge in [-0.3, -0.25) is 9.59 Å². The zero-order valence-corrected chi connectivity index (χ0v) is 24.5. The van der Waals surface area contributed by atoms with Crippen LogP contribution in [0.2, 0.25) is 0 Å². The summed E-state index contributed by atoms with van der Waals surface area (Å²) < 4.78 is 11.9. The molecular formula is C30H46N4O4S. The number of amides is 2. The van der Waals surface area contributed by atoms with Gasteiger partial charge in [0.2, 0.25) is 11.7 Å². The van der Waals surface area contributed by atoms with Crippen LogP contribution < -0.4 is 20.7 Å². The predicted molar refractivity (Wildman–Crippen MR) is 151 cm³/mol. The maximum atomic E-state index is 13.6. The van der Waals surface area contributed by atoms with Crippen molar-refractivity contribution in [3.8, 4) is 5.88 Å². The Bertz CT molecular complexity index is 1000. The van der Waals surface area contributed by atoms with E-state index < -0.39 is 5.41 Å². The van der Waals surface area contributed by atoms with Crippen molar-refractivity contribution in [1.82, 2.24) is 21.1 Å². The lowest BCUT2D eigenvalue weighted by Gasteiger charge is -2.54. The summed E-state index contributed by atoms with van der Waals surface area (Å²) in [5.74, 6) is 3.34. The highest BCUT2D eigenvalue weighted by Gasteiger charge is 2.49. The Kier molecular flexibility index (Phi) is 8.18. The van der Waals surface area contributed by atoms with Gasteiger partial charge in [-0.15, -0.1) is 11.8 Å². The molecule has 6 aliphatic rings. The normalized spacial score (nSPS) is 32.4. The molecule has 6 fully saturated rings. The zero-order chi connectivity index (χ0) is 27.0. The van der Waals surface area contributed by atoms with Gasteiger partial charge in [-0.2, -0.15) is 0 Å². The standard InChI is InChI=1S/C30H46N4O4S/c1-30(2,29(36)32-16-22-7-6-10-31-22)17-37-28-26(39-23-8-4-3-5-9-23)25(38-34-28)27(35)33-24-20-12-18-11-19(14-20)15-21(24)13-18/h18-24,31H,3-17H2,1-2H3,(H,32,36)(H,33,35)/t18?,19?,20?,21?,22-,24?/m0/s1. The van der Waals surface area contributed by atoms with Crippen LogP contribution in [-0.2, 0) is 4.79 Å². The van der Waals surface area contributed by atoms with Gasteiger partial charge < -0.3 is 25.2 Å². The Morgan fingerprint density at radius 2 is 1.74 bits per heavy atom. The molecule has 1 atom stereocenters. The van der Waals surface area contributed by atoms with E-state index in [1.807, 2.05) is 13.8 Å². The predicted octanol–water partition coefficient (Wildman–Crippen LogP) is 4.93. The number of nitrogens with one attached hydrogen (secondary N) is 3. The lowest BCUT2D eigenvalue weighted by Crippen LogP contribution is -2.55. The summed E-state index contributed by atoms with van der Waals surface area (Å²) in [6.45, 7) is 5.58. The van der Waals surface area contributed by atoms with Crippen molar-refractivity contribution in [1.29, 1.82) is 0 Å². The van der Waals surface area contributed by atoms with Crippen LogP contribution in [0.1, 0.15) is 101 Å². The van der Waals surface area contributed by atoms with Crippen LogP contribution in [0, 0.1) is 29.1 Å². The summed E-state index contributed by atoms with van der Waals surface area (Å²) in [6, 6.07) is 0.583. The van der Waals surface area contributed by atoms with Crippen molar-refractivity contribution >= 4 is 23.6 Å². The van der Waals surface area contributed by atoms with E-state index in [1.54, 1.807) is 11.8 Å². The average molecular weight is 559 g/mol. The van der Waals surface area contributed by atoms with E-state index in [1.165, 1.54) is 51.4 Å². The number of rotatable bonds is 10. The molecule has 0 radical (unpaired) electrons. The van der Waals surface area contributed by atoms with E-state index in [2.05, 4.69) is 21.1 Å². The monoisotopic (exact) mass is 558 g/mol. The minimum absolute atomic E-state index is 0.0407. The average Bonchev–Trinajstić information content (AvgIpc) is 3.58. The van der Waals surface area contributed by atoms with E-state index in [-0.39, 0.29) is 30.2 Å². The van der Waals surface area contributed by atoms with E-state index in [4.69, 9.17) is 9.26 Å². The molecule has 5 saturated carbocycles. The number of hydrogen-bond acceptors (Lipinski definition) is 7. The first-order valence-corrected chi connectivity index (χ1v) is 16.4. The zero-order valence-electron chi connectivity index (χ0n) is 23.6. The molecule has 0 aromatic carbocycles. The van der Waals surface area contributed by atoms with Gasteiger partial charge in [-0.05, 0) is 107 Å². The van der Waals surface area contributed by atoms with Gasteiger partial charge in [-0.25, -0.2) is 0 Å². The van der Waals surface area contributed by atoms with Crippen molar-refractivity contribution in [2.24, 2.45) is 29.1 Å². The van der Waals surface area contributed by atoms with Crippen LogP contribution in [0.25, 0.3) is 0 Å². The molecule has 2 heterocycles. The summed E-state index contributed by atoms with van der Waals surface area (Å²) in [6.07, 6.45) is 14.6. The maximum absolute atomic E-state index is 13.6. The summed E-state index contributed by atoms with van der Waals surface area (Å²) in [4.78, 5) is 27.3. The minimum Gasteiger partial charge on any atom is -0.474 e. The number of carbonyl (C=O) groups is 2. The summed E-state index contributed by atoms with van der Waals surface area (Å²) in [7, 11) is 0. The second-order valence-electron chi connectivity index (χ2n) is 13.6. The van der Waals surface area contributed by atoms with Crippen molar-refractivity contribution in [3.63, 3.8) is 0 Å². The van der Waals surface area contributed by atoms with Gasteiger partial charge >= 0.3 is 0 Å². The van der Waals surface area contributed by atoms with E-state index in [0.717, 1.165) is 44.1 Å². The molecule has 2 amide bonds. The molecule has 3 N–H and O–H groups in total. The Morgan fingerprint density at radius 1 is 1.03 bits per heavy atom. The largest absolute Gasteiger partial charge is 0.474 e. The van der Waals surface area contributed by atoms with Crippen LogP contribution in [0.5, 0.6) is 5.88 Å². The summed E-state index contributed by atoms with van der Waals surface area (Å²) in [5.41, 5.74) is -0.743. The molecule has 4 bridgehead atoms. The second kappa shape index (κ2) is 11.6. The number of carbonyl (C=O) groups excluding carboxylic acids is 2. The van der Waals surface area contributed by atoms with Crippen LogP contribution in [0.4, 0.5) is 0 Å². The molecule has 8 nitrogen and oxygen atoms in total. The van der Waals surface area contributed by atoms with Gasteiger partial charge in [0, 0.05) is 23.9 Å². The topological polar surface area (TPSA) is 105 Å². The molecule has 1 aromatic heterocycles. The number of thioether (sulfide) groups is 1. The highest BCUT2D eigenvalue weighted by molar-refractivity contribution is 8.00. The van der Waals surface area contributed by atoms with Crippen LogP contribution >= 0.6 is 11.8 Å². The fraction of sp³-hybridized carbons (Fsp3) is 0.833. The summed E-state index contributed by atoms with van der Waals surface area (Å²) in [5, 5.41) is 14.5. The first-order valence-electron chi connectivity index (χ1n) is 15.5. The first kappa shape index (κ1) is 27.4. The maximum Gasteiger partial charge on any atom is 0.291 e. The molecule has 1 aliphatic heterocycles. The molecule has 216 valence electrons. The van der Waals surface area contributed by atoms with Gasteiger partial charge in [-0.1, -0.05) is 19.3 Å². The van der Waals surface area contributed by atoms with Gasteiger partial charge in [0.1, 0.15) is 11.5 Å². The third kappa shape index (κ3) is 6.14. The SMILES string of the molecule is CC(C)(COc1noc(C(=O)NC2C3CC4CC(C3)CC2C4)c1SC1CCCCC1)C(=O)NC[C@@H]1CCCN1. The quantitative estimate of drug-likeness (QED) is 0.374. The van der Waals surface area contributed by atoms with Crippen LogP contribution in [-0.4, -0.2) is 54.0 Å². The fourth-order valence-electron chi connectivity index (χ4n) is 8.04. The van der Waals surface area contributed by atoms with E-state index in [9.17, 15) is 9.59 Å². The Hall–Kier alpha value is -1.74. The highest BCUT2D eigenvalue weighted by atomic mass is 32.2. The molecular weight excluding hydrogens is 512 g/mol. The lowest BCUT2D eigenvalue weighted by atomic mass is 9.54. The van der Waals surface area contributed by atoms with Crippen molar-refractivity contribution in [2.45, 2.75) is 113 Å². The van der Waals surface area contributed by atoms with Crippen molar-refractivity contribution in [2.75, 3.05) is 19.7 Å². The third-order valence-electron chi connectivity index (χ3n) is 10.0. The molecule has 7 rings (SSSR count). The molecule has 39 heavy (non-hydrogen) atoms. The summed E-state index contributed by atoms with van der Waals surface area (Å²) >= 11 is 1.68. The number of aromatic nitrogens is 1. The van der Waals surface area contributed by atoms with E-state index >= 15 is 0 Å². The van der Waals surface area contributed by atoms with E-state index in [0.29, 0.717) is 40.4 Å². The van der Waals surface area contributed by atoms with Gasteiger partial charge in [0.05, 0.1) is 5.41 Å². The van der Waals surface area contributed by atoms with Crippen molar-refractivity contribution in [3.05, 3.63) is 5.76 Å². The lowest BCUT2D eigenvalue weighted by molar-refractivity contribution is -0.131. The Balaban J connectivity index is 1.13. The molecule has 1 saturated heterocycles. The number of ether oxygens (including phenoxy) is 1. The molecule has 9 heteroatoms. The van der Waals surface area contributed by atoms with Crippen molar-refractivity contribution < 1.29 is 18.8 Å². The minimum atomic E-state index is -0.743. The Labute approximate surface area is 236 Å². The molecule has 0 spiro atoms. The smallest absolute Gasteiger partial charge is 0.291 e. The van der Waals surface area contributed by atoms with Gasteiger partial charge in [0.25, 0.3) is 11.8 Å².